The molecule has 166 valence electrons. The number of guanidine groups is 1. The molecule has 2 aromatic rings. The van der Waals surface area contributed by atoms with Gasteiger partial charge in [-0.3, -0.25) is 4.79 Å². The van der Waals surface area contributed by atoms with Crippen LogP contribution in [0.3, 0.4) is 0 Å². The summed E-state index contributed by atoms with van der Waals surface area (Å²) in [4.78, 5) is 19.2. The molecule has 1 aromatic heterocycles. The Morgan fingerprint density at radius 3 is 2.47 bits per heavy atom. The molecule has 0 unspecified atom stereocenters. The van der Waals surface area contributed by atoms with Gasteiger partial charge in [0.25, 0.3) is 0 Å². The first-order valence-electron chi connectivity index (χ1n) is 8.09. The topological polar surface area (TPSA) is 78.4 Å². The summed E-state index contributed by atoms with van der Waals surface area (Å²) in [5, 5.41) is 8.55. The van der Waals surface area contributed by atoms with Crippen molar-refractivity contribution in [1.29, 1.82) is 0 Å². The molecule has 30 heavy (non-hydrogen) atoms. The van der Waals surface area contributed by atoms with Gasteiger partial charge in [0.2, 0.25) is 5.91 Å². The summed E-state index contributed by atoms with van der Waals surface area (Å²) < 4.78 is 77.3. The summed E-state index contributed by atoms with van der Waals surface area (Å²) in [5.74, 6) is -5.38. The predicted octanol–water partition coefficient (Wildman–Crippen LogP) is 3.89. The molecule has 1 aromatic carbocycles. The van der Waals surface area contributed by atoms with Crippen molar-refractivity contribution < 1.29 is 31.1 Å². The van der Waals surface area contributed by atoms with Gasteiger partial charge >= 0.3 is 6.18 Å². The number of aromatic nitrogens is 1. The van der Waals surface area contributed by atoms with Gasteiger partial charge in [-0.05, 0) is 19.1 Å². The number of rotatable bonds is 6. The van der Waals surface area contributed by atoms with E-state index in [9.17, 15) is 31.1 Å². The Balaban J connectivity index is 0.00000450. The van der Waals surface area contributed by atoms with E-state index in [1.165, 1.54) is 0 Å². The van der Waals surface area contributed by atoms with Crippen molar-refractivity contribution >= 4 is 52.9 Å². The van der Waals surface area contributed by atoms with Crippen molar-refractivity contribution in [3.63, 3.8) is 0 Å². The Morgan fingerprint density at radius 1 is 1.17 bits per heavy atom. The molecule has 0 aliphatic rings. The zero-order valence-electron chi connectivity index (χ0n) is 15.2. The summed E-state index contributed by atoms with van der Waals surface area (Å²) in [5.41, 5.74) is -1.56. The van der Waals surface area contributed by atoms with Crippen molar-refractivity contribution in [2.75, 3.05) is 18.4 Å². The number of carbonyl (C=O) groups is 1. The van der Waals surface area contributed by atoms with Gasteiger partial charge in [-0.15, -0.1) is 35.3 Å². The maximum absolute atomic E-state index is 13.6. The molecule has 2 rings (SSSR count). The standard InChI is InChI=1S/C16H15F6N5OS.HI/c1-2-23-15(25-6-12-27-10(7-29-12)16(20,21)22)24-5-11(28)26-9-4-3-8(17)13(18)14(9)19;/h3-4,7H,2,5-6H2,1H3,(H,26,28)(H2,23,24,25);1H. The minimum absolute atomic E-state index is 0. The van der Waals surface area contributed by atoms with Crippen LogP contribution in [0.25, 0.3) is 0 Å². The van der Waals surface area contributed by atoms with E-state index in [2.05, 4.69) is 25.9 Å². The second-order valence-electron chi connectivity index (χ2n) is 5.44. The minimum Gasteiger partial charge on any atom is -0.357 e. The van der Waals surface area contributed by atoms with Crippen LogP contribution in [0.15, 0.2) is 22.5 Å². The lowest BCUT2D eigenvalue weighted by Crippen LogP contribution is -2.37. The molecule has 0 fully saturated rings. The van der Waals surface area contributed by atoms with Gasteiger partial charge in [0.1, 0.15) is 11.6 Å². The van der Waals surface area contributed by atoms with Crippen LogP contribution in [0.4, 0.5) is 32.0 Å². The first-order valence-corrected chi connectivity index (χ1v) is 8.97. The average Bonchev–Trinajstić information content (AvgIpc) is 3.14. The maximum Gasteiger partial charge on any atom is 0.434 e. The fraction of sp³-hybridized carbons (Fsp3) is 0.312. The molecule has 1 heterocycles. The average molecular weight is 567 g/mol. The Morgan fingerprint density at radius 2 is 1.87 bits per heavy atom. The van der Waals surface area contributed by atoms with Gasteiger partial charge in [0, 0.05) is 11.9 Å². The van der Waals surface area contributed by atoms with Crippen molar-refractivity contribution in [2.45, 2.75) is 19.6 Å². The van der Waals surface area contributed by atoms with E-state index < -0.39 is 47.5 Å². The molecule has 0 aliphatic carbocycles. The van der Waals surface area contributed by atoms with E-state index in [1.807, 2.05) is 0 Å². The van der Waals surface area contributed by atoms with Crippen molar-refractivity contribution in [2.24, 2.45) is 4.99 Å². The number of anilines is 1. The number of thiazole rings is 1. The molecule has 0 radical (unpaired) electrons. The molecular weight excluding hydrogens is 551 g/mol. The molecule has 0 aliphatic heterocycles. The number of nitrogens with one attached hydrogen (secondary N) is 3. The van der Waals surface area contributed by atoms with E-state index in [-0.39, 0.29) is 41.5 Å². The summed E-state index contributed by atoms with van der Waals surface area (Å²) in [7, 11) is 0. The highest BCUT2D eigenvalue weighted by Gasteiger charge is 2.33. The summed E-state index contributed by atoms with van der Waals surface area (Å²) in [6.07, 6.45) is -4.54. The Bertz CT molecular complexity index is 905. The van der Waals surface area contributed by atoms with E-state index in [0.29, 0.717) is 12.6 Å². The van der Waals surface area contributed by atoms with Crippen molar-refractivity contribution in [1.82, 2.24) is 15.6 Å². The lowest BCUT2D eigenvalue weighted by Gasteiger charge is -2.10. The van der Waals surface area contributed by atoms with Crippen molar-refractivity contribution in [3.8, 4) is 0 Å². The molecule has 6 nitrogen and oxygen atoms in total. The smallest absolute Gasteiger partial charge is 0.357 e. The van der Waals surface area contributed by atoms with E-state index in [1.54, 1.807) is 6.92 Å². The second-order valence-corrected chi connectivity index (χ2v) is 6.39. The SMILES string of the molecule is CCNC(=NCC(=O)Nc1ccc(F)c(F)c1F)NCc1nc(C(F)(F)F)cs1.I. The summed E-state index contributed by atoms with van der Waals surface area (Å²) in [6, 6.07) is 1.52. The zero-order valence-corrected chi connectivity index (χ0v) is 18.4. The second kappa shape index (κ2) is 11.3. The van der Waals surface area contributed by atoms with Gasteiger partial charge in [0.05, 0.1) is 12.2 Å². The van der Waals surface area contributed by atoms with Crippen LogP contribution < -0.4 is 16.0 Å². The number of hydrogen-bond donors (Lipinski definition) is 3. The Hall–Kier alpha value is -2.10. The molecule has 1 amide bonds. The number of halogens is 7. The van der Waals surface area contributed by atoms with E-state index in [4.69, 9.17) is 0 Å². The molecular formula is C16H16F6IN5OS. The largest absolute Gasteiger partial charge is 0.434 e. The minimum atomic E-state index is -4.54. The lowest BCUT2D eigenvalue weighted by molar-refractivity contribution is -0.140. The Kier molecular flexibility index (Phi) is 9.80. The highest BCUT2D eigenvalue weighted by atomic mass is 127. The van der Waals surface area contributed by atoms with Crippen molar-refractivity contribution in [3.05, 3.63) is 45.7 Å². The number of alkyl halides is 3. The van der Waals surface area contributed by atoms with E-state index in [0.717, 1.165) is 22.8 Å². The van der Waals surface area contributed by atoms with Crippen LogP contribution in [0, 0.1) is 17.5 Å². The van der Waals surface area contributed by atoms with Crippen LogP contribution >= 0.6 is 35.3 Å². The summed E-state index contributed by atoms with van der Waals surface area (Å²) in [6.45, 7) is 1.52. The number of aliphatic imine (C=N–C) groups is 1. The third-order valence-corrected chi connectivity index (χ3v) is 4.13. The van der Waals surface area contributed by atoms with Crippen LogP contribution in [0.2, 0.25) is 0 Å². The highest BCUT2D eigenvalue weighted by molar-refractivity contribution is 14.0. The van der Waals surface area contributed by atoms with Crippen LogP contribution in [0.5, 0.6) is 0 Å². The quantitative estimate of drug-likeness (QED) is 0.163. The van der Waals surface area contributed by atoms with Crippen LogP contribution in [0.1, 0.15) is 17.6 Å². The molecule has 0 atom stereocenters. The molecule has 3 N–H and O–H groups in total. The number of hydrogen-bond acceptors (Lipinski definition) is 4. The molecule has 0 spiro atoms. The van der Waals surface area contributed by atoms with Gasteiger partial charge in [-0.1, -0.05) is 0 Å². The fourth-order valence-electron chi connectivity index (χ4n) is 1.99. The van der Waals surface area contributed by atoms with E-state index >= 15 is 0 Å². The zero-order chi connectivity index (χ0) is 21.6. The summed E-state index contributed by atoms with van der Waals surface area (Å²) >= 11 is 0.803. The van der Waals surface area contributed by atoms with Gasteiger partial charge in [-0.25, -0.2) is 23.1 Å². The predicted molar refractivity (Wildman–Crippen MR) is 110 cm³/mol. The maximum atomic E-state index is 13.6. The molecule has 14 heteroatoms. The number of amides is 1. The first-order chi connectivity index (χ1) is 13.6. The first kappa shape index (κ1) is 25.9. The number of nitrogens with zero attached hydrogens (tertiary/aromatic N) is 2. The lowest BCUT2D eigenvalue weighted by atomic mass is 10.3. The molecule has 0 bridgehead atoms. The monoisotopic (exact) mass is 567 g/mol. The number of benzene rings is 1. The van der Waals surface area contributed by atoms with Gasteiger partial charge < -0.3 is 16.0 Å². The third-order valence-electron chi connectivity index (χ3n) is 3.28. The van der Waals surface area contributed by atoms with Crippen LogP contribution in [-0.4, -0.2) is 29.9 Å². The third kappa shape index (κ3) is 7.30. The molecule has 0 saturated carbocycles. The normalized spacial score (nSPS) is 11.6. The highest BCUT2D eigenvalue weighted by Crippen LogP contribution is 2.29. The number of carbonyl (C=O) groups excluding carboxylic acids is 1. The molecule has 0 saturated heterocycles. The van der Waals surface area contributed by atoms with Gasteiger partial charge in [0.15, 0.2) is 29.1 Å². The van der Waals surface area contributed by atoms with Crippen LogP contribution in [-0.2, 0) is 17.5 Å². The Labute approximate surface area is 188 Å². The fourth-order valence-corrected chi connectivity index (χ4v) is 2.73. The van der Waals surface area contributed by atoms with Gasteiger partial charge in [-0.2, -0.15) is 13.2 Å².